The molecule has 1 aliphatic rings. The van der Waals surface area contributed by atoms with Crippen molar-refractivity contribution in [2.24, 2.45) is 11.7 Å². The second kappa shape index (κ2) is 9.17. The second-order valence-electron chi connectivity index (χ2n) is 6.64. The number of aryl methyl sites for hydroxylation is 2. The minimum atomic E-state index is 0.403. The lowest BCUT2D eigenvalue weighted by atomic mass is 9.98. The minimum absolute atomic E-state index is 0.403. The van der Waals surface area contributed by atoms with Crippen molar-refractivity contribution < 1.29 is 4.79 Å². The quantitative estimate of drug-likeness (QED) is 0.253. The topological polar surface area (TPSA) is 84.4 Å². The number of hydrogen-bond donors (Lipinski definition) is 3. The van der Waals surface area contributed by atoms with Gasteiger partial charge in [0.15, 0.2) is 0 Å². The Bertz CT molecular complexity index is 759. The van der Waals surface area contributed by atoms with Crippen molar-refractivity contribution in [1.82, 2.24) is 5.43 Å². The molecule has 2 aromatic carbocycles. The summed E-state index contributed by atoms with van der Waals surface area (Å²) in [5.41, 5.74) is 9.39. The van der Waals surface area contributed by atoms with Gasteiger partial charge in [-0.25, -0.2) is 11.7 Å². The average Bonchev–Trinajstić information content (AvgIpc) is 3.47. The predicted molar refractivity (Wildman–Crippen MR) is 109 cm³/mol. The highest BCUT2D eigenvalue weighted by molar-refractivity contribution is 5.80. The summed E-state index contributed by atoms with van der Waals surface area (Å²) in [7, 11) is 1.90. The Balaban J connectivity index is 0.000000552. The lowest BCUT2D eigenvalue weighted by Crippen LogP contribution is -2.26. The number of rotatable bonds is 5. The fourth-order valence-corrected chi connectivity index (χ4v) is 2.92. The number of benzene rings is 2. The molecule has 0 atom stereocenters. The number of nitrogens with zero attached hydrogens (tertiary/aromatic N) is 1. The van der Waals surface area contributed by atoms with Crippen LogP contribution in [0.4, 0.5) is 5.69 Å². The maximum Gasteiger partial charge on any atom is 0.221 e. The molecule has 2 aromatic rings. The summed E-state index contributed by atoms with van der Waals surface area (Å²) in [6.07, 6.45) is 7.44. The number of hydrogen-bond acceptors (Lipinski definition) is 4. The molecule has 0 aromatic heterocycles. The van der Waals surface area contributed by atoms with Crippen LogP contribution in [-0.4, -0.2) is 13.5 Å². The third-order valence-corrected chi connectivity index (χ3v) is 4.45. The van der Waals surface area contributed by atoms with Crippen LogP contribution in [0, 0.1) is 13.8 Å². The lowest BCUT2D eigenvalue weighted by Gasteiger charge is -2.18. The maximum absolute atomic E-state index is 8.94. The SMILES string of the molecule is Cc1ccc(C)c(/C=C/c2c(C3CC3)cccc2N(C)N)c1.NNC=O. The number of nitrogens with two attached hydrogens (primary N) is 2. The molecule has 0 bridgehead atoms. The van der Waals surface area contributed by atoms with Crippen LogP contribution in [0.2, 0.25) is 0 Å². The summed E-state index contributed by atoms with van der Waals surface area (Å²) >= 11 is 0. The Labute approximate surface area is 155 Å². The Morgan fingerprint density at radius 3 is 2.42 bits per heavy atom. The second-order valence-corrected chi connectivity index (χ2v) is 6.64. The van der Waals surface area contributed by atoms with Crippen LogP contribution in [0.5, 0.6) is 0 Å². The van der Waals surface area contributed by atoms with E-state index in [0.717, 1.165) is 5.69 Å². The number of hydrazine groups is 2. The molecule has 138 valence electrons. The lowest BCUT2D eigenvalue weighted by molar-refractivity contribution is -0.109. The Hall–Kier alpha value is -2.63. The molecular formula is C21H28N4O. The first-order valence-corrected chi connectivity index (χ1v) is 8.74. The van der Waals surface area contributed by atoms with Crippen molar-refractivity contribution in [3.63, 3.8) is 0 Å². The molecule has 5 heteroatoms. The highest BCUT2D eigenvalue weighted by Gasteiger charge is 2.26. The first-order valence-electron chi connectivity index (χ1n) is 8.74. The molecule has 0 heterocycles. The summed E-state index contributed by atoms with van der Waals surface area (Å²) in [5, 5.41) is 1.72. The summed E-state index contributed by atoms with van der Waals surface area (Å²) in [4.78, 5) is 8.94. The van der Waals surface area contributed by atoms with E-state index >= 15 is 0 Å². The normalized spacial score (nSPS) is 13.1. The van der Waals surface area contributed by atoms with E-state index in [4.69, 9.17) is 10.6 Å². The van der Waals surface area contributed by atoms with Crippen molar-refractivity contribution in [2.45, 2.75) is 32.6 Å². The van der Waals surface area contributed by atoms with Gasteiger partial charge in [-0.05, 0) is 55.4 Å². The fraction of sp³-hybridized carbons (Fsp3) is 0.286. The first-order chi connectivity index (χ1) is 12.5. The zero-order valence-corrected chi connectivity index (χ0v) is 15.7. The number of carbonyl (C=O) groups excluding carboxylic acids is 1. The molecule has 26 heavy (non-hydrogen) atoms. The van der Waals surface area contributed by atoms with Crippen molar-refractivity contribution >= 4 is 24.2 Å². The summed E-state index contributed by atoms with van der Waals surface area (Å²) in [6.45, 7) is 4.29. The summed E-state index contributed by atoms with van der Waals surface area (Å²) in [5.74, 6) is 11.1. The molecule has 0 saturated heterocycles. The number of anilines is 1. The fourth-order valence-electron chi connectivity index (χ4n) is 2.92. The highest BCUT2D eigenvalue weighted by Crippen LogP contribution is 2.44. The van der Waals surface area contributed by atoms with Crippen LogP contribution in [-0.2, 0) is 4.79 Å². The van der Waals surface area contributed by atoms with Gasteiger partial charge in [0, 0.05) is 12.6 Å². The van der Waals surface area contributed by atoms with Crippen LogP contribution in [0.15, 0.2) is 36.4 Å². The Morgan fingerprint density at radius 2 is 1.85 bits per heavy atom. The first kappa shape index (κ1) is 19.7. The monoisotopic (exact) mass is 352 g/mol. The van der Waals surface area contributed by atoms with Crippen molar-refractivity contribution in [3.05, 3.63) is 64.2 Å². The van der Waals surface area contributed by atoms with Gasteiger partial charge in [0.1, 0.15) is 0 Å². The van der Waals surface area contributed by atoms with Gasteiger partial charge in [-0.15, -0.1) is 0 Å². The highest BCUT2D eigenvalue weighted by atomic mass is 16.1. The van der Waals surface area contributed by atoms with Crippen LogP contribution in [0.1, 0.15) is 46.6 Å². The largest absolute Gasteiger partial charge is 0.314 e. The molecule has 1 amide bonds. The predicted octanol–water partition coefficient (Wildman–Crippen LogP) is 3.27. The summed E-state index contributed by atoms with van der Waals surface area (Å²) in [6, 6.07) is 13.0. The number of carbonyl (C=O) groups is 1. The third kappa shape index (κ3) is 5.18. The van der Waals surface area contributed by atoms with E-state index in [1.165, 1.54) is 40.7 Å². The Morgan fingerprint density at radius 1 is 1.15 bits per heavy atom. The zero-order valence-electron chi connectivity index (χ0n) is 15.7. The smallest absolute Gasteiger partial charge is 0.221 e. The third-order valence-electron chi connectivity index (χ3n) is 4.45. The van der Waals surface area contributed by atoms with Gasteiger partial charge in [0.05, 0.1) is 5.69 Å². The molecule has 1 fully saturated rings. The Kier molecular flexibility index (Phi) is 6.95. The molecule has 0 aliphatic heterocycles. The van der Waals surface area contributed by atoms with Crippen molar-refractivity contribution in [2.75, 3.05) is 12.1 Å². The minimum Gasteiger partial charge on any atom is -0.314 e. The maximum atomic E-state index is 8.94. The molecular weight excluding hydrogens is 324 g/mol. The zero-order chi connectivity index (χ0) is 19.1. The molecule has 0 unspecified atom stereocenters. The van der Waals surface area contributed by atoms with E-state index in [2.05, 4.69) is 68.2 Å². The number of amides is 1. The van der Waals surface area contributed by atoms with Crippen LogP contribution in [0.3, 0.4) is 0 Å². The van der Waals surface area contributed by atoms with Gasteiger partial charge >= 0.3 is 0 Å². The van der Waals surface area contributed by atoms with Crippen LogP contribution < -0.4 is 22.1 Å². The van der Waals surface area contributed by atoms with E-state index in [1.807, 2.05) is 7.05 Å². The van der Waals surface area contributed by atoms with Crippen LogP contribution >= 0.6 is 0 Å². The van der Waals surface area contributed by atoms with E-state index in [0.29, 0.717) is 12.3 Å². The van der Waals surface area contributed by atoms with Gasteiger partial charge in [-0.1, -0.05) is 48.0 Å². The molecule has 5 nitrogen and oxygen atoms in total. The van der Waals surface area contributed by atoms with Gasteiger partial charge in [0.2, 0.25) is 6.41 Å². The van der Waals surface area contributed by atoms with Crippen LogP contribution in [0.25, 0.3) is 12.2 Å². The van der Waals surface area contributed by atoms with Gasteiger partial charge < -0.3 is 5.01 Å². The molecule has 3 rings (SSSR count). The molecule has 5 N–H and O–H groups in total. The van der Waals surface area contributed by atoms with E-state index in [9.17, 15) is 0 Å². The van der Waals surface area contributed by atoms with Gasteiger partial charge in [-0.3, -0.25) is 10.2 Å². The number of nitrogens with one attached hydrogen (secondary N) is 1. The van der Waals surface area contributed by atoms with Crippen molar-refractivity contribution in [1.29, 1.82) is 0 Å². The molecule has 1 saturated carbocycles. The van der Waals surface area contributed by atoms with E-state index < -0.39 is 0 Å². The summed E-state index contributed by atoms with van der Waals surface area (Å²) < 4.78 is 0. The van der Waals surface area contributed by atoms with Gasteiger partial charge in [-0.2, -0.15) is 0 Å². The van der Waals surface area contributed by atoms with E-state index in [-0.39, 0.29) is 0 Å². The van der Waals surface area contributed by atoms with E-state index in [1.54, 1.807) is 10.4 Å². The standard InChI is InChI=1S/C20H24N2.CH4N2O/c1-14-7-8-15(2)17(13-14)11-12-19-18(16-9-10-16)5-4-6-20(19)22(3)21;2-3-1-4/h4-8,11-13,16H,9-10,21H2,1-3H3;1H,2H2,(H,3,4)/b12-11+;. The molecule has 0 spiro atoms. The average molecular weight is 352 g/mol. The molecule has 1 aliphatic carbocycles. The molecule has 0 radical (unpaired) electrons. The van der Waals surface area contributed by atoms with Gasteiger partial charge in [0.25, 0.3) is 0 Å². The van der Waals surface area contributed by atoms with Crippen molar-refractivity contribution in [3.8, 4) is 0 Å².